The van der Waals surface area contributed by atoms with Crippen LogP contribution < -0.4 is 14.9 Å². The Hall–Kier alpha value is -3.47. The summed E-state index contributed by atoms with van der Waals surface area (Å²) in [5, 5.41) is 9.47. The van der Waals surface area contributed by atoms with Gasteiger partial charge < -0.3 is 4.90 Å². The number of sulfonamides is 1. The number of piperidine rings is 1. The van der Waals surface area contributed by atoms with Crippen LogP contribution in [0.1, 0.15) is 29.6 Å². The number of amides is 1. The molecule has 0 radical (unpaired) electrons. The summed E-state index contributed by atoms with van der Waals surface area (Å²) in [7, 11) is -3.87. The van der Waals surface area contributed by atoms with Crippen LogP contribution in [0.3, 0.4) is 0 Å². The van der Waals surface area contributed by atoms with E-state index in [1.165, 1.54) is 42.8 Å². The van der Waals surface area contributed by atoms with Gasteiger partial charge >= 0.3 is 0 Å². The number of anilines is 3. The minimum atomic E-state index is -3.87. The van der Waals surface area contributed by atoms with Gasteiger partial charge in [-0.25, -0.2) is 17.9 Å². The maximum Gasteiger partial charge on any atom is 0.261 e. The van der Waals surface area contributed by atoms with E-state index in [4.69, 9.17) is 0 Å². The molecule has 1 saturated heterocycles. The summed E-state index contributed by atoms with van der Waals surface area (Å²) in [5.74, 6) is -0.145. The van der Waals surface area contributed by atoms with Crippen LogP contribution in [0.25, 0.3) is 0 Å². The second-order valence-electron chi connectivity index (χ2n) is 7.12. The zero-order chi connectivity index (χ0) is 21.8. The van der Waals surface area contributed by atoms with Gasteiger partial charge in [-0.1, -0.05) is 0 Å². The molecule has 1 aliphatic rings. The Balaban J connectivity index is 1.41. The molecule has 0 unspecified atom stereocenters. The lowest BCUT2D eigenvalue weighted by atomic mass is 10.1. The molecule has 3 N–H and O–H groups in total. The van der Waals surface area contributed by atoms with Gasteiger partial charge in [0, 0.05) is 24.3 Å². The zero-order valence-electron chi connectivity index (χ0n) is 16.5. The van der Waals surface area contributed by atoms with Gasteiger partial charge in [-0.05, 0) is 67.8 Å². The maximum atomic E-state index is 13.0. The molecule has 11 heteroatoms. The van der Waals surface area contributed by atoms with Gasteiger partial charge in [-0.3, -0.25) is 14.8 Å². The van der Waals surface area contributed by atoms with Crippen molar-refractivity contribution in [2.24, 2.45) is 0 Å². The molecule has 4 rings (SSSR count). The normalized spacial score (nSPS) is 14.3. The molecule has 1 amide bonds. The van der Waals surface area contributed by atoms with Crippen LogP contribution in [0.4, 0.5) is 22.0 Å². The van der Waals surface area contributed by atoms with E-state index in [1.54, 1.807) is 0 Å². The monoisotopic (exact) mass is 444 g/mol. The van der Waals surface area contributed by atoms with E-state index in [-0.39, 0.29) is 22.1 Å². The number of nitrogens with one attached hydrogen (secondary N) is 3. The molecule has 31 heavy (non-hydrogen) atoms. The second kappa shape index (κ2) is 8.72. The highest BCUT2D eigenvalue weighted by Gasteiger charge is 2.18. The number of aromatic amines is 1. The van der Waals surface area contributed by atoms with Crippen LogP contribution in [0.15, 0.2) is 53.4 Å². The number of hydrogen-bond acceptors (Lipinski definition) is 6. The lowest BCUT2D eigenvalue weighted by molar-refractivity contribution is 0.102. The number of carbonyl (C=O) groups is 1. The average molecular weight is 444 g/mol. The first kappa shape index (κ1) is 20.8. The highest BCUT2D eigenvalue weighted by Crippen LogP contribution is 2.19. The van der Waals surface area contributed by atoms with Crippen LogP contribution in [0.2, 0.25) is 0 Å². The molecule has 1 aromatic heterocycles. The van der Waals surface area contributed by atoms with Crippen LogP contribution in [-0.4, -0.2) is 42.6 Å². The van der Waals surface area contributed by atoms with Crippen LogP contribution in [0, 0.1) is 5.82 Å². The van der Waals surface area contributed by atoms with Gasteiger partial charge in [-0.15, -0.1) is 5.10 Å². The smallest absolute Gasteiger partial charge is 0.261 e. The topological polar surface area (TPSA) is 120 Å². The Morgan fingerprint density at radius 1 is 1.00 bits per heavy atom. The number of hydrogen-bond donors (Lipinski definition) is 3. The Labute approximate surface area is 178 Å². The van der Waals surface area contributed by atoms with E-state index in [2.05, 4.69) is 30.1 Å². The molecule has 0 spiro atoms. The molecule has 162 valence electrons. The van der Waals surface area contributed by atoms with Crippen molar-refractivity contribution in [3.63, 3.8) is 0 Å². The summed E-state index contributed by atoms with van der Waals surface area (Å²) in [6.45, 7) is 1.76. The zero-order valence-corrected chi connectivity index (χ0v) is 17.3. The quantitative estimate of drug-likeness (QED) is 0.538. The molecule has 1 fully saturated rings. The molecule has 0 saturated carbocycles. The summed E-state index contributed by atoms with van der Waals surface area (Å²) in [5.41, 5.74) is 0.495. The molecule has 0 bridgehead atoms. The van der Waals surface area contributed by atoms with Crippen molar-refractivity contribution in [1.29, 1.82) is 0 Å². The van der Waals surface area contributed by atoms with Crippen molar-refractivity contribution < 1.29 is 17.6 Å². The molecular formula is C20H21FN6O3S. The molecule has 2 aromatic carbocycles. The number of H-pyrrole nitrogens is 1. The number of aromatic nitrogens is 3. The summed E-state index contributed by atoms with van der Waals surface area (Å²) in [6.07, 6.45) is 3.36. The fourth-order valence-corrected chi connectivity index (χ4v) is 4.30. The van der Waals surface area contributed by atoms with Crippen LogP contribution in [-0.2, 0) is 10.0 Å². The van der Waals surface area contributed by atoms with E-state index < -0.39 is 21.7 Å². The van der Waals surface area contributed by atoms with E-state index in [1.807, 2.05) is 0 Å². The number of nitrogens with zero attached hydrogens (tertiary/aromatic N) is 3. The molecular weight excluding hydrogens is 423 g/mol. The number of halogens is 1. The van der Waals surface area contributed by atoms with Gasteiger partial charge in [0.15, 0.2) is 0 Å². The largest absolute Gasteiger partial charge is 0.340 e. The van der Waals surface area contributed by atoms with Crippen molar-refractivity contribution >= 4 is 33.5 Å². The van der Waals surface area contributed by atoms with E-state index in [0.717, 1.165) is 38.1 Å². The fourth-order valence-electron chi connectivity index (χ4n) is 3.24. The maximum absolute atomic E-state index is 13.0. The molecule has 1 aliphatic heterocycles. The summed E-state index contributed by atoms with van der Waals surface area (Å²) >= 11 is 0. The third kappa shape index (κ3) is 5.00. The van der Waals surface area contributed by atoms with Crippen molar-refractivity contribution in [2.45, 2.75) is 24.2 Å². The standard InChI is InChI=1S/C20H21FN6O3S/c21-15-6-8-16(9-7-15)26-31(29,30)17-10-4-14(5-11-17)18(28)22-19-23-20(25-24-19)27-12-2-1-3-13-27/h4-11,26H,1-3,12-13H2,(H2,22,23,24,25,28). The van der Waals surface area contributed by atoms with Gasteiger partial charge in [0.2, 0.25) is 11.9 Å². The predicted molar refractivity (Wildman–Crippen MR) is 114 cm³/mol. The number of rotatable bonds is 6. The van der Waals surface area contributed by atoms with Gasteiger partial charge in [0.1, 0.15) is 5.82 Å². The predicted octanol–water partition coefficient (Wildman–Crippen LogP) is 2.99. The van der Waals surface area contributed by atoms with E-state index in [0.29, 0.717) is 5.95 Å². The molecule has 9 nitrogen and oxygen atoms in total. The fraction of sp³-hybridized carbons (Fsp3) is 0.250. The highest BCUT2D eigenvalue weighted by molar-refractivity contribution is 7.92. The minimum absolute atomic E-state index is 0.0274. The van der Waals surface area contributed by atoms with E-state index in [9.17, 15) is 17.6 Å². The van der Waals surface area contributed by atoms with Crippen molar-refractivity contribution in [3.05, 3.63) is 59.9 Å². The lowest BCUT2D eigenvalue weighted by Crippen LogP contribution is -2.30. The van der Waals surface area contributed by atoms with Crippen molar-refractivity contribution in [1.82, 2.24) is 15.2 Å². The van der Waals surface area contributed by atoms with Crippen LogP contribution >= 0.6 is 0 Å². The third-order valence-corrected chi connectivity index (χ3v) is 6.26. The Bertz CT molecular complexity index is 1160. The molecule has 0 aliphatic carbocycles. The van der Waals surface area contributed by atoms with E-state index >= 15 is 0 Å². The number of carbonyl (C=O) groups excluding carboxylic acids is 1. The first-order chi connectivity index (χ1) is 14.9. The first-order valence-electron chi connectivity index (χ1n) is 9.78. The molecule has 3 aromatic rings. The number of benzene rings is 2. The first-order valence-corrected chi connectivity index (χ1v) is 11.3. The Kier molecular flexibility index (Phi) is 5.85. The lowest BCUT2D eigenvalue weighted by Gasteiger charge is -2.24. The summed E-state index contributed by atoms with van der Waals surface area (Å²) in [6, 6.07) is 10.4. The van der Waals surface area contributed by atoms with Crippen LogP contribution in [0.5, 0.6) is 0 Å². The van der Waals surface area contributed by atoms with Crippen molar-refractivity contribution in [2.75, 3.05) is 28.0 Å². The second-order valence-corrected chi connectivity index (χ2v) is 8.81. The van der Waals surface area contributed by atoms with Gasteiger partial charge in [0.25, 0.3) is 15.9 Å². The molecule has 0 atom stereocenters. The highest BCUT2D eigenvalue weighted by atomic mass is 32.2. The van der Waals surface area contributed by atoms with Gasteiger partial charge in [-0.2, -0.15) is 4.98 Å². The minimum Gasteiger partial charge on any atom is -0.340 e. The molecule has 2 heterocycles. The van der Waals surface area contributed by atoms with Crippen molar-refractivity contribution in [3.8, 4) is 0 Å². The summed E-state index contributed by atoms with van der Waals surface area (Å²) < 4.78 is 40.3. The summed E-state index contributed by atoms with van der Waals surface area (Å²) in [4.78, 5) is 18.8. The van der Waals surface area contributed by atoms with Gasteiger partial charge in [0.05, 0.1) is 4.90 Å². The Morgan fingerprint density at radius 2 is 1.68 bits per heavy atom. The Morgan fingerprint density at radius 3 is 2.35 bits per heavy atom. The SMILES string of the molecule is O=C(Nc1nc(N2CCCCC2)n[nH]1)c1ccc(S(=O)(=O)Nc2ccc(F)cc2)cc1. The average Bonchev–Trinajstić information content (AvgIpc) is 3.24. The third-order valence-electron chi connectivity index (χ3n) is 4.87.